The van der Waals surface area contributed by atoms with Gasteiger partial charge in [0.2, 0.25) is 0 Å². The quantitative estimate of drug-likeness (QED) is 0.426. The maximum atomic E-state index is 8.74. The van der Waals surface area contributed by atoms with Crippen LogP contribution in [0.3, 0.4) is 0 Å². The second kappa shape index (κ2) is 7.81. The maximum absolute atomic E-state index is 8.74. The molecule has 0 amide bonds. The maximum Gasteiger partial charge on any atom is 0.394 e. The van der Waals surface area contributed by atoms with E-state index in [0.717, 1.165) is 11.5 Å². The van der Waals surface area contributed by atoms with Crippen molar-refractivity contribution in [3.63, 3.8) is 0 Å². The first-order valence-corrected chi connectivity index (χ1v) is 5.72. The highest BCUT2D eigenvalue weighted by atomic mass is 32.3. The first-order valence-electron chi connectivity index (χ1n) is 4.32. The zero-order chi connectivity index (χ0) is 13.3. The van der Waals surface area contributed by atoms with Crippen LogP contribution in [0.5, 0.6) is 11.5 Å². The summed E-state index contributed by atoms with van der Waals surface area (Å²) in [6.07, 6.45) is 0. The van der Waals surface area contributed by atoms with E-state index in [1.54, 1.807) is 24.3 Å². The van der Waals surface area contributed by atoms with Gasteiger partial charge in [-0.15, -0.1) is 0 Å². The lowest BCUT2D eigenvalue weighted by atomic mass is 10.3. The highest BCUT2D eigenvalue weighted by molar-refractivity contribution is 7.79. The number of hydrogen-bond acceptors (Lipinski definition) is 6. The molecule has 0 bridgehead atoms. The fourth-order valence-corrected chi connectivity index (χ4v) is 0.825. The normalized spacial score (nSPS) is 10.1. The lowest BCUT2D eigenvalue weighted by molar-refractivity contribution is 0.320. The van der Waals surface area contributed by atoms with Gasteiger partial charge < -0.3 is 9.47 Å². The molecular formula is C8H14N2O6S. The largest absolute Gasteiger partial charge is 0.479 e. The topological polar surface area (TPSA) is 145 Å². The third-order valence-corrected chi connectivity index (χ3v) is 1.32. The summed E-state index contributed by atoms with van der Waals surface area (Å²) in [6.45, 7) is 0.355. The Morgan fingerprint density at radius 1 is 0.941 bits per heavy atom. The minimum Gasteiger partial charge on any atom is -0.479 e. The van der Waals surface area contributed by atoms with Gasteiger partial charge in [0.05, 0.1) is 0 Å². The predicted molar refractivity (Wildman–Crippen MR) is 60.0 cm³/mol. The monoisotopic (exact) mass is 266 g/mol. The Kier molecular flexibility index (Phi) is 7.18. The second-order valence-corrected chi connectivity index (χ2v) is 3.44. The molecule has 0 atom stereocenters. The molecule has 0 spiro atoms. The molecule has 0 aliphatic rings. The molecule has 6 N–H and O–H groups in total. The molecule has 0 radical (unpaired) electrons. The van der Waals surface area contributed by atoms with Gasteiger partial charge in [0, 0.05) is 0 Å². The molecule has 0 aromatic heterocycles. The number of hydrogen-bond donors (Lipinski definition) is 4. The number of rotatable bonds is 4. The Bertz CT molecular complexity index is 372. The average molecular weight is 266 g/mol. The van der Waals surface area contributed by atoms with E-state index in [1.165, 1.54) is 0 Å². The van der Waals surface area contributed by atoms with Crippen LogP contribution in [0.4, 0.5) is 0 Å². The van der Waals surface area contributed by atoms with E-state index in [-0.39, 0.29) is 13.5 Å². The highest BCUT2D eigenvalue weighted by Gasteiger charge is 1.93. The van der Waals surface area contributed by atoms with E-state index in [2.05, 4.69) is 0 Å². The lowest BCUT2D eigenvalue weighted by Crippen LogP contribution is -2.08. The van der Waals surface area contributed by atoms with E-state index >= 15 is 0 Å². The Balaban J connectivity index is 0.000000437. The summed E-state index contributed by atoms with van der Waals surface area (Å²) in [4.78, 5) is 0. The fourth-order valence-electron chi connectivity index (χ4n) is 0.825. The minimum absolute atomic E-state index is 0.178. The molecular weight excluding hydrogens is 252 g/mol. The van der Waals surface area contributed by atoms with Crippen molar-refractivity contribution in [1.29, 1.82) is 0 Å². The van der Waals surface area contributed by atoms with Crippen LogP contribution in [0.25, 0.3) is 0 Å². The summed E-state index contributed by atoms with van der Waals surface area (Å²) in [5.74, 6) is 1.45. The van der Waals surface area contributed by atoms with Crippen LogP contribution in [-0.2, 0) is 10.4 Å². The van der Waals surface area contributed by atoms with Crippen molar-refractivity contribution in [2.24, 2.45) is 11.5 Å². The first kappa shape index (κ1) is 15.6. The summed E-state index contributed by atoms with van der Waals surface area (Å²) >= 11 is 0. The molecule has 98 valence electrons. The van der Waals surface area contributed by atoms with Gasteiger partial charge in [-0.2, -0.15) is 8.42 Å². The number of nitrogens with two attached hydrogens (primary N) is 2. The van der Waals surface area contributed by atoms with Gasteiger partial charge in [0.15, 0.2) is 0 Å². The van der Waals surface area contributed by atoms with Crippen LogP contribution < -0.4 is 20.9 Å². The third kappa shape index (κ3) is 10.9. The van der Waals surface area contributed by atoms with E-state index < -0.39 is 10.4 Å². The molecule has 1 rings (SSSR count). The van der Waals surface area contributed by atoms with E-state index in [0.29, 0.717) is 0 Å². The molecule has 0 unspecified atom stereocenters. The van der Waals surface area contributed by atoms with Crippen LogP contribution in [-0.4, -0.2) is 31.0 Å². The zero-order valence-electron chi connectivity index (χ0n) is 8.81. The summed E-state index contributed by atoms with van der Waals surface area (Å²) in [6, 6.07) is 7.10. The molecule has 9 heteroatoms. The smallest absolute Gasteiger partial charge is 0.394 e. The van der Waals surface area contributed by atoms with Crippen molar-refractivity contribution in [2.45, 2.75) is 0 Å². The molecule has 0 aliphatic heterocycles. The molecule has 0 fully saturated rings. The average Bonchev–Trinajstić information content (AvgIpc) is 2.19. The summed E-state index contributed by atoms with van der Waals surface area (Å²) < 4.78 is 41.6. The highest BCUT2D eigenvalue weighted by Crippen LogP contribution is 2.16. The van der Waals surface area contributed by atoms with Crippen molar-refractivity contribution in [3.8, 4) is 11.5 Å². The fraction of sp³-hybridized carbons (Fsp3) is 0.250. The van der Waals surface area contributed by atoms with Gasteiger partial charge in [0.1, 0.15) is 25.0 Å². The van der Waals surface area contributed by atoms with Gasteiger partial charge in [0.25, 0.3) is 0 Å². The molecule has 0 heterocycles. The van der Waals surface area contributed by atoms with Gasteiger partial charge >= 0.3 is 10.4 Å². The predicted octanol–water partition coefficient (Wildman–Crippen LogP) is -0.376. The van der Waals surface area contributed by atoms with Crippen LogP contribution >= 0.6 is 0 Å². The molecule has 1 aromatic rings. The van der Waals surface area contributed by atoms with Gasteiger partial charge in [-0.1, -0.05) is 0 Å². The SMILES string of the molecule is NCOc1ccc(OCN)cc1.O=S(=O)(O)O. The van der Waals surface area contributed by atoms with Crippen LogP contribution in [0.15, 0.2) is 24.3 Å². The van der Waals surface area contributed by atoms with Crippen molar-refractivity contribution < 1.29 is 27.0 Å². The molecule has 0 saturated carbocycles. The van der Waals surface area contributed by atoms with Crippen molar-refractivity contribution in [3.05, 3.63) is 24.3 Å². The van der Waals surface area contributed by atoms with Crippen molar-refractivity contribution in [1.82, 2.24) is 0 Å². The van der Waals surface area contributed by atoms with Crippen molar-refractivity contribution in [2.75, 3.05) is 13.5 Å². The first-order chi connectivity index (χ1) is 7.86. The zero-order valence-corrected chi connectivity index (χ0v) is 9.63. The number of benzene rings is 1. The molecule has 17 heavy (non-hydrogen) atoms. The summed E-state index contributed by atoms with van der Waals surface area (Å²) in [5.41, 5.74) is 10.4. The van der Waals surface area contributed by atoms with Crippen LogP contribution in [0, 0.1) is 0 Å². The van der Waals surface area contributed by atoms with E-state index in [1.807, 2.05) is 0 Å². The second-order valence-electron chi connectivity index (χ2n) is 2.54. The minimum atomic E-state index is -4.67. The van der Waals surface area contributed by atoms with Gasteiger partial charge in [-0.3, -0.25) is 20.6 Å². The number of ether oxygens (including phenoxy) is 2. The Morgan fingerprint density at radius 3 is 1.35 bits per heavy atom. The molecule has 8 nitrogen and oxygen atoms in total. The Morgan fingerprint density at radius 2 is 1.18 bits per heavy atom. The summed E-state index contributed by atoms with van der Waals surface area (Å²) in [5, 5.41) is 0. The van der Waals surface area contributed by atoms with E-state index in [9.17, 15) is 0 Å². The summed E-state index contributed by atoms with van der Waals surface area (Å²) in [7, 11) is -4.67. The van der Waals surface area contributed by atoms with Gasteiger partial charge in [-0.25, -0.2) is 0 Å². The molecule has 0 saturated heterocycles. The Labute approximate surface area is 98.7 Å². The van der Waals surface area contributed by atoms with Crippen LogP contribution in [0.2, 0.25) is 0 Å². The third-order valence-electron chi connectivity index (χ3n) is 1.32. The van der Waals surface area contributed by atoms with E-state index in [4.69, 9.17) is 38.5 Å². The molecule has 1 aromatic carbocycles. The van der Waals surface area contributed by atoms with Crippen LogP contribution in [0.1, 0.15) is 0 Å². The van der Waals surface area contributed by atoms with Crippen molar-refractivity contribution >= 4 is 10.4 Å². The standard InChI is InChI=1S/C8H12N2O2.H2O4S/c9-5-11-7-1-2-8(4-3-7)12-6-10;1-5(2,3)4/h1-4H,5-6,9-10H2;(H2,1,2,3,4). The molecule has 0 aliphatic carbocycles. The van der Waals surface area contributed by atoms with Gasteiger partial charge in [-0.05, 0) is 24.3 Å². The lowest BCUT2D eigenvalue weighted by Gasteiger charge is -2.04. The Hall–Kier alpha value is -1.39.